The van der Waals surface area contributed by atoms with Crippen molar-refractivity contribution in [3.05, 3.63) is 49.6 Å². The number of rotatable bonds is 4. The van der Waals surface area contributed by atoms with Crippen LogP contribution in [0.5, 0.6) is 5.75 Å². The predicted molar refractivity (Wildman–Crippen MR) is 87.8 cm³/mol. The average Bonchev–Trinajstić information content (AvgIpc) is 2.93. The standard InChI is InChI=1S/C16H18BrNOS/c1-10-5-15(20-11(10)2)9-18-8-14-7-12-6-13(17)3-4-16(12)19-14/h3-6,14,18H,7-9H2,1-2H3. The number of benzene rings is 1. The molecule has 0 bridgehead atoms. The second kappa shape index (κ2) is 5.88. The monoisotopic (exact) mass is 351 g/mol. The third-order valence-electron chi connectivity index (χ3n) is 3.65. The third kappa shape index (κ3) is 3.08. The summed E-state index contributed by atoms with van der Waals surface area (Å²) in [4.78, 5) is 2.81. The molecule has 0 saturated heterocycles. The van der Waals surface area contributed by atoms with Crippen molar-refractivity contribution >= 4 is 27.3 Å². The van der Waals surface area contributed by atoms with Crippen molar-refractivity contribution in [2.45, 2.75) is 32.9 Å². The third-order valence-corrected chi connectivity index (χ3v) is 5.30. The minimum atomic E-state index is 0.251. The van der Waals surface area contributed by atoms with Crippen molar-refractivity contribution in [3.63, 3.8) is 0 Å². The second-order valence-corrected chi connectivity index (χ2v) is 7.54. The Morgan fingerprint density at radius 1 is 1.35 bits per heavy atom. The Hall–Kier alpha value is -0.840. The molecule has 106 valence electrons. The van der Waals surface area contributed by atoms with Crippen LogP contribution >= 0.6 is 27.3 Å². The summed E-state index contributed by atoms with van der Waals surface area (Å²) in [5.74, 6) is 1.03. The first kappa shape index (κ1) is 14.1. The van der Waals surface area contributed by atoms with Crippen LogP contribution in [0.25, 0.3) is 0 Å². The van der Waals surface area contributed by atoms with Gasteiger partial charge in [-0.15, -0.1) is 11.3 Å². The van der Waals surface area contributed by atoms with Crippen LogP contribution in [0.2, 0.25) is 0 Å². The maximum absolute atomic E-state index is 5.95. The summed E-state index contributed by atoms with van der Waals surface area (Å²) in [7, 11) is 0. The molecule has 0 amide bonds. The number of ether oxygens (including phenoxy) is 1. The maximum atomic E-state index is 5.95. The van der Waals surface area contributed by atoms with Crippen LogP contribution in [0.15, 0.2) is 28.7 Å². The summed E-state index contributed by atoms with van der Waals surface area (Å²) in [6, 6.07) is 8.51. The van der Waals surface area contributed by atoms with Gasteiger partial charge in [-0.2, -0.15) is 0 Å². The van der Waals surface area contributed by atoms with Gasteiger partial charge in [0.1, 0.15) is 11.9 Å². The van der Waals surface area contributed by atoms with E-state index in [1.807, 2.05) is 23.5 Å². The molecule has 1 aliphatic heterocycles. The number of halogens is 1. The van der Waals surface area contributed by atoms with Crippen molar-refractivity contribution in [2.75, 3.05) is 6.54 Å². The molecule has 2 aromatic rings. The Morgan fingerprint density at radius 3 is 2.95 bits per heavy atom. The number of fused-ring (bicyclic) bond motifs is 1. The van der Waals surface area contributed by atoms with Crippen LogP contribution in [-0.4, -0.2) is 12.6 Å². The fraction of sp³-hybridized carbons (Fsp3) is 0.375. The first-order valence-corrected chi connectivity index (χ1v) is 8.44. The summed E-state index contributed by atoms with van der Waals surface area (Å²) >= 11 is 5.38. The smallest absolute Gasteiger partial charge is 0.123 e. The summed E-state index contributed by atoms with van der Waals surface area (Å²) in [5, 5.41) is 3.51. The van der Waals surface area contributed by atoms with Gasteiger partial charge in [-0.3, -0.25) is 0 Å². The van der Waals surface area contributed by atoms with Crippen LogP contribution in [0, 0.1) is 13.8 Å². The van der Waals surface area contributed by atoms with Crippen molar-refractivity contribution in [3.8, 4) is 5.75 Å². The number of aryl methyl sites for hydroxylation is 2. The Balaban J connectivity index is 1.51. The fourth-order valence-electron chi connectivity index (χ4n) is 2.50. The highest BCUT2D eigenvalue weighted by Crippen LogP contribution is 2.31. The van der Waals surface area contributed by atoms with Gasteiger partial charge in [-0.25, -0.2) is 0 Å². The number of hydrogen-bond donors (Lipinski definition) is 1. The van der Waals surface area contributed by atoms with E-state index >= 15 is 0 Å². The normalized spacial score (nSPS) is 17.1. The number of hydrogen-bond acceptors (Lipinski definition) is 3. The molecule has 1 atom stereocenters. The quantitative estimate of drug-likeness (QED) is 0.890. The van der Waals surface area contributed by atoms with Crippen LogP contribution < -0.4 is 10.1 Å². The highest BCUT2D eigenvalue weighted by atomic mass is 79.9. The molecule has 1 unspecified atom stereocenters. The Bertz CT molecular complexity index is 603. The van der Waals surface area contributed by atoms with Gasteiger partial charge in [-0.05, 0) is 49.2 Å². The molecule has 0 spiro atoms. The molecule has 1 N–H and O–H groups in total. The van der Waals surface area contributed by atoms with E-state index in [-0.39, 0.29) is 6.10 Å². The molecule has 2 heterocycles. The van der Waals surface area contributed by atoms with Gasteiger partial charge < -0.3 is 10.1 Å². The highest BCUT2D eigenvalue weighted by Gasteiger charge is 2.22. The SMILES string of the molecule is Cc1cc(CNCC2Cc3cc(Br)ccc3O2)sc1C. The largest absolute Gasteiger partial charge is 0.488 e. The minimum absolute atomic E-state index is 0.251. The molecule has 0 fully saturated rings. The van der Waals surface area contributed by atoms with E-state index in [0.717, 1.165) is 29.7 Å². The molecule has 1 aromatic carbocycles. The highest BCUT2D eigenvalue weighted by molar-refractivity contribution is 9.10. The van der Waals surface area contributed by atoms with Gasteiger partial charge in [0.15, 0.2) is 0 Å². The molecule has 1 aliphatic rings. The second-order valence-electron chi connectivity index (χ2n) is 5.28. The van der Waals surface area contributed by atoms with Crippen LogP contribution in [0.1, 0.15) is 20.9 Å². The first-order chi connectivity index (χ1) is 9.61. The van der Waals surface area contributed by atoms with E-state index in [2.05, 4.69) is 47.2 Å². The van der Waals surface area contributed by atoms with Gasteiger partial charge in [0.2, 0.25) is 0 Å². The van der Waals surface area contributed by atoms with Gasteiger partial charge in [-0.1, -0.05) is 15.9 Å². The molecule has 0 aliphatic carbocycles. The van der Waals surface area contributed by atoms with Crippen molar-refractivity contribution in [2.24, 2.45) is 0 Å². The van der Waals surface area contributed by atoms with Gasteiger partial charge in [0.25, 0.3) is 0 Å². The Morgan fingerprint density at radius 2 is 2.20 bits per heavy atom. The van der Waals surface area contributed by atoms with Crippen molar-refractivity contribution < 1.29 is 4.74 Å². The predicted octanol–water partition coefficient (Wildman–Crippen LogP) is 4.22. The van der Waals surface area contributed by atoms with E-state index in [1.165, 1.54) is 20.9 Å². The van der Waals surface area contributed by atoms with E-state index < -0.39 is 0 Å². The van der Waals surface area contributed by atoms with Crippen molar-refractivity contribution in [1.82, 2.24) is 5.32 Å². The molecular weight excluding hydrogens is 334 g/mol. The lowest BCUT2D eigenvalue weighted by atomic mass is 10.1. The molecule has 2 nitrogen and oxygen atoms in total. The number of thiophene rings is 1. The lowest BCUT2D eigenvalue weighted by molar-refractivity contribution is 0.227. The van der Waals surface area contributed by atoms with Crippen LogP contribution in [0.3, 0.4) is 0 Å². The minimum Gasteiger partial charge on any atom is -0.488 e. The maximum Gasteiger partial charge on any atom is 0.123 e. The lowest BCUT2D eigenvalue weighted by Crippen LogP contribution is -2.29. The lowest BCUT2D eigenvalue weighted by Gasteiger charge is -2.11. The van der Waals surface area contributed by atoms with E-state index in [1.54, 1.807) is 0 Å². The molecule has 3 rings (SSSR count). The van der Waals surface area contributed by atoms with Gasteiger partial charge in [0.05, 0.1) is 0 Å². The summed E-state index contributed by atoms with van der Waals surface area (Å²) < 4.78 is 7.07. The average molecular weight is 352 g/mol. The van der Waals surface area contributed by atoms with E-state index in [0.29, 0.717) is 0 Å². The zero-order chi connectivity index (χ0) is 14.1. The molecule has 20 heavy (non-hydrogen) atoms. The number of nitrogens with one attached hydrogen (secondary N) is 1. The Labute approximate surface area is 132 Å². The van der Waals surface area contributed by atoms with E-state index in [4.69, 9.17) is 4.74 Å². The van der Waals surface area contributed by atoms with Gasteiger partial charge >= 0.3 is 0 Å². The van der Waals surface area contributed by atoms with Crippen LogP contribution in [-0.2, 0) is 13.0 Å². The topological polar surface area (TPSA) is 21.3 Å². The fourth-order valence-corrected chi connectivity index (χ4v) is 3.93. The molecule has 0 radical (unpaired) electrons. The molecule has 4 heteroatoms. The van der Waals surface area contributed by atoms with E-state index in [9.17, 15) is 0 Å². The zero-order valence-corrected chi connectivity index (χ0v) is 14.1. The van der Waals surface area contributed by atoms with Crippen molar-refractivity contribution in [1.29, 1.82) is 0 Å². The van der Waals surface area contributed by atoms with Crippen LogP contribution in [0.4, 0.5) is 0 Å². The summed E-state index contributed by atoms with van der Waals surface area (Å²) in [5.41, 5.74) is 2.69. The van der Waals surface area contributed by atoms with Gasteiger partial charge in [0, 0.05) is 33.7 Å². The zero-order valence-electron chi connectivity index (χ0n) is 11.7. The molecule has 1 aromatic heterocycles. The first-order valence-electron chi connectivity index (χ1n) is 6.83. The Kier molecular flexibility index (Phi) is 4.15. The molecular formula is C16H18BrNOS. The molecule has 0 saturated carbocycles. The summed E-state index contributed by atoms with van der Waals surface area (Å²) in [6.07, 6.45) is 1.24. The summed E-state index contributed by atoms with van der Waals surface area (Å²) in [6.45, 7) is 6.17.